The maximum atomic E-state index is 13.1. The predicted octanol–water partition coefficient (Wildman–Crippen LogP) is 6.89. The third-order valence-corrected chi connectivity index (χ3v) is 8.25. The lowest BCUT2D eigenvalue weighted by molar-refractivity contribution is -0.113. The zero-order valence-electron chi connectivity index (χ0n) is 22.4. The Morgan fingerprint density at radius 2 is 1.45 bits per heavy atom. The van der Waals surface area contributed by atoms with Crippen molar-refractivity contribution in [3.8, 4) is 17.2 Å². The van der Waals surface area contributed by atoms with E-state index in [2.05, 4.69) is 32.8 Å². The number of hydrogen-bond donors (Lipinski definition) is 0. The lowest BCUT2D eigenvalue weighted by Crippen LogP contribution is -2.44. The molecule has 0 bridgehead atoms. The molecule has 2 aliphatic heterocycles. The van der Waals surface area contributed by atoms with E-state index >= 15 is 0 Å². The van der Waals surface area contributed by atoms with Crippen molar-refractivity contribution in [3.05, 3.63) is 87.7 Å². The van der Waals surface area contributed by atoms with Gasteiger partial charge in [-0.15, -0.1) is 0 Å². The summed E-state index contributed by atoms with van der Waals surface area (Å²) in [6.07, 6.45) is 3.82. The van der Waals surface area contributed by atoms with E-state index in [1.165, 1.54) is 4.90 Å². The third kappa shape index (κ3) is 7.54. The van der Waals surface area contributed by atoms with Gasteiger partial charge in [0.1, 0.15) is 17.2 Å². The largest absolute Gasteiger partial charge is 0.494 e. The van der Waals surface area contributed by atoms with Gasteiger partial charge in [-0.2, -0.15) is 0 Å². The number of carbonyl (C=O) groups excluding carboxylic acids is 2. The van der Waals surface area contributed by atoms with Crippen LogP contribution in [0.2, 0.25) is 0 Å². The van der Waals surface area contributed by atoms with E-state index in [0.717, 1.165) is 78.9 Å². The Kier molecular flexibility index (Phi) is 9.59. The summed E-state index contributed by atoms with van der Waals surface area (Å²) < 4.78 is 12.7. The van der Waals surface area contributed by atoms with Crippen LogP contribution in [-0.4, -0.2) is 67.3 Å². The van der Waals surface area contributed by atoms with Crippen molar-refractivity contribution >= 4 is 50.6 Å². The fourth-order valence-electron chi connectivity index (χ4n) is 4.50. The molecule has 0 atom stereocenters. The van der Waals surface area contributed by atoms with Gasteiger partial charge in [-0.05, 0) is 110 Å². The van der Waals surface area contributed by atoms with E-state index in [0.29, 0.717) is 22.9 Å². The molecule has 0 aliphatic carbocycles. The molecule has 0 saturated carbocycles. The second-order valence-corrected chi connectivity index (χ2v) is 11.7. The quantitative estimate of drug-likeness (QED) is 0.180. The third-order valence-electron chi connectivity index (χ3n) is 6.85. The Labute approximate surface area is 247 Å². The number of anilines is 1. The summed E-state index contributed by atoms with van der Waals surface area (Å²) in [6.45, 7) is 6.29. The van der Waals surface area contributed by atoms with Crippen molar-refractivity contribution in [1.82, 2.24) is 9.80 Å². The number of rotatable bonds is 10. The molecule has 3 aromatic rings. The minimum Gasteiger partial charge on any atom is -0.494 e. The molecule has 0 N–H and O–H groups in total. The smallest absolute Gasteiger partial charge is 0.298 e. The molecule has 40 heavy (non-hydrogen) atoms. The van der Waals surface area contributed by atoms with Gasteiger partial charge in [0.05, 0.1) is 17.2 Å². The molecule has 5 rings (SSSR count). The molecule has 2 aliphatic rings. The minimum absolute atomic E-state index is 0.316. The number of piperazine rings is 1. The molecular formula is C31H32BrN3O4S. The second kappa shape index (κ2) is 13.5. The number of thioether (sulfide) groups is 1. The lowest BCUT2D eigenvalue weighted by atomic mass is 10.2. The van der Waals surface area contributed by atoms with Crippen molar-refractivity contribution in [2.75, 3.05) is 51.3 Å². The van der Waals surface area contributed by atoms with Gasteiger partial charge >= 0.3 is 0 Å². The fourth-order valence-corrected chi connectivity index (χ4v) is 5.61. The topological polar surface area (TPSA) is 62.3 Å². The van der Waals surface area contributed by atoms with Crippen LogP contribution in [0.4, 0.5) is 10.5 Å². The van der Waals surface area contributed by atoms with Crippen LogP contribution >= 0.6 is 27.7 Å². The van der Waals surface area contributed by atoms with Gasteiger partial charge in [-0.1, -0.05) is 28.1 Å². The van der Waals surface area contributed by atoms with Crippen molar-refractivity contribution < 1.29 is 19.1 Å². The number of hydrogen-bond acceptors (Lipinski definition) is 7. The average Bonchev–Trinajstić information content (AvgIpc) is 3.24. The number of ether oxygens (including phenoxy) is 2. The molecule has 2 fully saturated rings. The zero-order chi connectivity index (χ0) is 27.9. The van der Waals surface area contributed by atoms with Gasteiger partial charge in [0, 0.05) is 30.7 Å². The van der Waals surface area contributed by atoms with Crippen LogP contribution in [-0.2, 0) is 4.79 Å². The Hall–Kier alpha value is -3.11. The van der Waals surface area contributed by atoms with Gasteiger partial charge in [-0.25, -0.2) is 4.90 Å². The predicted molar refractivity (Wildman–Crippen MR) is 164 cm³/mol. The molecule has 0 aromatic heterocycles. The number of imide groups is 1. The molecule has 9 heteroatoms. The number of nitrogens with zero attached hydrogens (tertiary/aromatic N) is 3. The van der Waals surface area contributed by atoms with Gasteiger partial charge in [0.2, 0.25) is 0 Å². The van der Waals surface area contributed by atoms with E-state index in [1.807, 2.05) is 60.7 Å². The van der Waals surface area contributed by atoms with Crippen LogP contribution in [0.1, 0.15) is 18.4 Å². The van der Waals surface area contributed by atoms with Gasteiger partial charge < -0.3 is 19.3 Å². The number of amides is 2. The molecule has 0 spiro atoms. The SMILES string of the molecule is CN1CCN(CCCCOc2ccc(N3C(=O)SC(=Cc4ccc(Oc5ccc(Br)cc5)cc4)C3=O)cc2)CC1. The van der Waals surface area contributed by atoms with E-state index in [9.17, 15) is 9.59 Å². The molecule has 2 heterocycles. The number of unbranched alkanes of at least 4 members (excludes halogenated alkanes) is 1. The first-order valence-corrected chi connectivity index (χ1v) is 15.0. The number of halogens is 1. The molecule has 3 aromatic carbocycles. The van der Waals surface area contributed by atoms with Crippen molar-refractivity contribution in [2.24, 2.45) is 0 Å². The Balaban J connectivity index is 1.11. The van der Waals surface area contributed by atoms with Crippen LogP contribution in [0.15, 0.2) is 82.2 Å². The fraction of sp³-hybridized carbons (Fsp3) is 0.290. The number of benzene rings is 3. The van der Waals surface area contributed by atoms with Crippen LogP contribution in [0, 0.1) is 0 Å². The summed E-state index contributed by atoms with van der Waals surface area (Å²) in [6, 6.07) is 22.1. The highest BCUT2D eigenvalue weighted by atomic mass is 79.9. The lowest BCUT2D eigenvalue weighted by Gasteiger charge is -2.32. The van der Waals surface area contributed by atoms with Crippen LogP contribution in [0.5, 0.6) is 17.2 Å². The maximum absolute atomic E-state index is 13.1. The summed E-state index contributed by atoms with van der Waals surface area (Å²) in [4.78, 5) is 32.3. The first kappa shape index (κ1) is 28.4. The van der Waals surface area contributed by atoms with Crippen LogP contribution in [0.25, 0.3) is 6.08 Å². The van der Waals surface area contributed by atoms with E-state index < -0.39 is 0 Å². The molecule has 7 nitrogen and oxygen atoms in total. The van der Waals surface area contributed by atoms with Gasteiger partial charge in [-0.3, -0.25) is 9.59 Å². The highest BCUT2D eigenvalue weighted by molar-refractivity contribution is 9.10. The Morgan fingerprint density at radius 3 is 2.12 bits per heavy atom. The summed E-state index contributed by atoms with van der Waals surface area (Å²) in [5.74, 6) is 1.82. The molecule has 208 valence electrons. The molecule has 0 radical (unpaired) electrons. The average molecular weight is 623 g/mol. The molecular weight excluding hydrogens is 590 g/mol. The van der Waals surface area contributed by atoms with Crippen molar-refractivity contribution in [2.45, 2.75) is 12.8 Å². The maximum Gasteiger partial charge on any atom is 0.298 e. The summed E-state index contributed by atoms with van der Waals surface area (Å²) >= 11 is 4.35. The van der Waals surface area contributed by atoms with Gasteiger partial charge in [0.25, 0.3) is 11.1 Å². The summed E-state index contributed by atoms with van der Waals surface area (Å²) in [7, 11) is 2.17. The van der Waals surface area contributed by atoms with Crippen molar-refractivity contribution in [1.29, 1.82) is 0 Å². The molecule has 2 saturated heterocycles. The van der Waals surface area contributed by atoms with Crippen LogP contribution < -0.4 is 14.4 Å². The molecule has 0 unspecified atom stereocenters. The van der Waals surface area contributed by atoms with E-state index in [-0.39, 0.29) is 11.1 Å². The highest BCUT2D eigenvalue weighted by Crippen LogP contribution is 2.36. The monoisotopic (exact) mass is 621 g/mol. The van der Waals surface area contributed by atoms with E-state index in [4.69, 9.17) is 9.47 Å². The first-order chi connectivity index (χ1) is 19.4. The summed E-state index contributed by atoms with van der Waals surface area (Å²) in [5.41, 5.74) is 1.34. The number of carbonyl (C=O) groups is 2. The Morgan fingerprint density at radius 1 is 0.825 bits per heavy atom. The standard InChI is InChI=1S/C31H32BrN3O4S/c1-33-17-19-34(20-18-33)16-2-3-21-38-26-14-8-25(9-15-26)35-30(36)29(40-31(35)37)22-23-4-10-27(11-5-23)39-28-12-6-24(32)7-13-28/h4-15,22H,2-3,16-21H2,1H3. The van der Waals surface area contributed by atoms with Crippen molar-refractivity contribution in [3.63, 3.8) is 0 Å². The Bertz CT molecular complexity index is 1340. The highest BCUT2D eigenvalue weighted by Gasteiger charge is 2.36. The first-order valence-electron chi connectivity index (χ1n) is 13.4. The normalized spacial score (nSPS) is 17.6. The minimum atomic E-state index is -0.331. The van der Waals surface area contributed by atoms with Crippen LogP contribution in [0.3, 0.4) is 0 Å². The van der Waals surface area contributed by atoms with E-state index in [1.54, 1.807) is 18.2 Å². The number of likely N-dealkylation sites (N-methyl/N-ethyl adjacent to an activating group) is 1. The zero-order valence-corrected chi connectivity index (χ0v) is 24.8. The summed E-state index contributed by atoms with van der Waals surface area (Å²) in [5, 5.41) is -0.316. The van der Waals surface area contributed by atoms with Gasteiger partial charge in [0.15, 0.2) is 0 Å². The second-order valence-electron chi connectivity index (χ2n) is 9.84. The molecule has 2 amide bonds.